The molecule has 6 nitrogen and oxygen atoms in total. The van der Waals surface area contributed by atoms with Gasteiger partial charge in [-0.15, -0.1) is 0 Å². The fourth-order valence-electron chi connectivity index (χ4n) is 2.53. The molecule has 150 valence electrons. The molecule has 2 aromatic rings. The van der Waals surface area contributed by atoms with Crippen molar-refractivity contribution in [3.05, 3.63) is 52.5 Å². The highest BCUT2D eigenvalue weighted by Gasteiger charge is 2.18. The van der Waals surface area contributed by atoms with Crippen molar-refractivity contribution < 1.29 is 19.0 Å². The van der Waals surface area contributed by atoms with Gasteiger partial charge in [-0.3, -0.25) is 4.79 Å². The first kappa shape index (κ1) is 21.6. The predicted octanol–water partition coefficient (Wildman–Crippen LogP) is 4.69. The summed E-state index contributed by atoms with van der Waals surface area (Å²) in [6.07, 6.45) is 0. The quantitative estimate of drug-likeness (QED) is 0.486. The summed E-state index contributed by atoms with van der Waals surface area (Å²) in [6, 6.07) is 10.5. The molecular formula is C21H25ClN2O4. The Morgan fingerprint density at radius 1 is 1.00 bits per heavy atom. The molecule has 1 amide bonds. The fraction of sp³-hybridized carbons (Fsp3) is 0.333. The Morgan fingerprint density at radius 2 is 1.57 bits per heavy atom. The molecule has 0 aliphatic rings. The van der Waals surface area contributed by atoms with E-state index in [0.717, 1.165) is 5.56 Å². The van der Waals surface area contributed by atoms with E-state index in [1.807, 2.05) is 39.0 Å². The van der Waals surface area contributed by atoms with Crippen LogP contribution in [0.15, 0.2) is 41.5 Å². The molecule has 0 atom stereocenters. The number of carbonyl (C=O) groups is 1. The van der Waals surface area contributed by atoms with Crippen molar-refractivity contribution in [1.82, 2.24) is 5.43 Å². The molecule has 0 bridgehead atoms. The van der Waals surface area contributed by atoms with Gasteiger partial charge in [0.15, 0.2) is 11.5 Å². The lowest BCUT2D eigenvalue weighted by molar-refractivity contribution is 0.0953. The van der Waals surface area contributed by atoms with Gasteiger partial charge in [0.05, 0.1) is 25.5 Å². The van der Waals surface area contributed by atoms with Crippen LogP contribution in [0.1, 0.15) is 43.6 Å². The predicted molar refractivity (Wildman–Crippen MR) is 111 cm³/mol. The molecule has 2 rings (SSSR count). The zero-order valence-corrected chi connectivity index (χ0v) is 17.3. The molecule has 0 aliphatic carbocycles. The first-order valence-electron chi connectivity index (χ1n) is 9.17. The summed E-state index contributed by atoms with van der Waals surface area (Å²) in [5, 5.41) is 4.73. The van der Waals surface area contributed by atoms with Crippen LogP contribution in [0.3, 0.4) is 0 Å². The molecule has 0 unspecified atom stereocenters. The van der Waals surface area contributed by atoms with Gasteiger partial charge in [0.2, 0.25) is 5.75 Å². The number of amides is 1. The summed E-state index contributed by atoms with van der Waals surface area (Å²) in [5.74, 6) is 0.995. The summed E-state index contributed by atoms with van der Waals surface area (Å²) in [4.78, 5) is 12.6. The summed E-state index contributed by atoms with van der Waals surface area (Å²) < 4.78 is 16.9. The van der Waals surface area contributed by atoms with Crippen molar-refractivity contribution in [3.63, 3.8) is 0 Å². The molecule has 0 aliphatic heterocycles. The number of benzene rings is 2. The second kappa shape index (κ2) is 10.6. The van der Waals surface area contributed by atoms with Crippen LogP contribution < -0.4 is 19.6 Å². The molecule has 0 saturated heterocycles. The lowest BCUT2D eigenvalue weighted by Gasteiger charge is -2.16. The van der Waals surface area contributed by atoms with E-state index in [9.17, 15) is 4.79 Å². The van der Waals surface area contributed by atoms with Crippen LogP contribution in [0.4, 0.5) is 0 Å². The maximum atomic E-state index is 12.6. The van der Waals surface area contributed by atoms with E-state index in [2.05, 4.69) is 10.5 Å². The van der Waals surface area contributed by atoms with Crippen molar-refractivity contribution >= 4 is 23.2 Å². The first-order chi connectivity index (χ1) is 13.5. The van der Waals surface area contributed by atoms with Crippen molar-refractivity contribution in [2.75, 3.05) is 19.8 Å². The Labute approximate surface area is 170 Å². The van der Waals surface area contributed by atoms with Crippen LogP contribution in [0.5, 0.6) is 17.2 Å². The highest BCUT2D eigenvalue weighted by atomic mass is 35.5. The number of carbonyl (C=O) groups excluding carboxylic acids is 1. The smallest absolute Gasteiger partial charge is 0.271 e. The summed E-state index contributed by atoms with van der Waals surface area (Å²) in [7, 11) is 0. The van der Waals surface area contributed by atoms with E-state index in [-0.39, 0.29) is 0 Å². The fourth-order valence-corrected chi connectivity index (χ4v) is 2.81. The molecular weight excluding hydrogens is 380 g/mol. The third-order valence-electron chi connectivity index (χ3n) is 3.76. The van der Waals surface area contributed by atoms with E-state index >= 15 is 0 Å². The van der Waals surface area contributed by atoms with E-state index in [1.165, 1.54) is 0 Å². The highest BCUT2D eigenvalue weighted by molar-refractivity contribution is 6.34. The van der Waals surface area contributed by atoms with Gasteiger partial charge in [-0.2, -0.15) is 5.10 Å². The van der Waals surface area contributed by atoms with E-state index in [0.29, 0.717) is 53.4 Å². The van der Waals surface area contributed by atoms with Gasteiger partial charge in [0.25, 0.3) is 5.91 Å². The monoisotopic (exact) mass is 404 g/mol. The standard InChI is InChI=1S/C21H25ClN2O4/c1-5-26-18-12-15(13-19(27-6-2)20(18)28-7-3)21(25)24-23-14(4)16-10-8-9-11-17(16)22/h8-13H,5-7H2,1-4H3,(H,24,25). The van der Waals surface area contributed by atoms with E-state index in [1.54, 1.807) is 25.1 Å². The molecule has 0 aromatic heterocycles. The Hall–Kier alpha value is -2.73. The lowest BCUT2D eigenvalue weighted by atomic mass is 10.1. The molecule has 0 radical (unpaired) electrons. The van der Waals surface area contributed by atoms with Crippen LogP contribution in [-0.4, -0.2) is 31.4 Å². The van der Waals surface area contributed by atoms with Gasteiger partial charge in [-0.1, -0.05) is 29.8 Å². The van der Waals surface area contributed by atoms with Crippen LogP contribution in [0.25, 0.3) is 0 Å². The van der Waals surface area contributed by atoms with Gasteiger partial charge in [0, 0.05) is 16.1 Å². The molecule has 0 saturated carbocycles. The second-order valence-corrected chi connectivity index (χ2v) is 6.13. The number of nitrogens with zero attached hydrogens (tertiary/aromatic N) is 1. The maximum Gasteiger partial charge on any atom is 0.271 e. The first-order valence-corrected chi connectivity index (χ1v) is 9.55. The van der Waals surface area contributed by atoms with E-state index in [4.69, 9.17) is 25.8 Å². The van der Waals surface area contributed by atoms with Crippen molar-refractivity contribution in [2.45, 2.75) is 27.7 Å². The lowest BCUT2D eigenvalue weighted by Crippen LogP contribution is -2.20. The van der Waals surface area contributed by atoms with Gasteiger partial charge < -0.3 is 14.2 Å². The summed E-state index contributed by atoms with van der Waals surface area (Å²) in [5.41, 5.74) is 4.25. The molecule has 0 fully saturated rings. The van der Waals surface area contributed by atoms with Crippen LogP contribution in [-0.2, 0) is 0 Å². The third kappa shape index (κ3) is 5.39. The Morgan fingerprint density at radius 3 is 2.11 bits per heavy atom. The minimum absolute atomic E-state index is 0.353. The number of hydrogen-bond acceptors (Lipinski definition) is 5. The maximum absolute atomic E-state index is 12.6. The molecule has 28 heavy (non-hydrogen) atoms. The highest BCUT2D eigenvalue weighted by Crippen LogP contribution is 2.39. The Balaban J connectivity index is 2.31. The largest absolute Gasteiger partial charge is 0.490 e. The zero-order valence-electron chi connectivity index (χ0n) is 16.5. The minimum Gasteiger partial charge on any atom is -0.490 e. The van der Waals surface area contributed by atoms with Gasteiger partial charge in [-0.25, -0.2) is 5.43 Å². The van der Waals surface area contributed by atoms with Crippen molar-refractivity contribution in [2.24, 2.45) is 5.10 Å². The van der Waals surface area contributed by atoms with Crippen molar-refractivity contribution in [1.29, 1.82) is 0 Å². The SMILES string of the molecule is CCOc1cc(C(=O)NN=C(C)c2ccccc2Cl)cc(OCC)c1OCC. The van der Waals surface area contributed by atoms with Gasteiger partial charge in [-0.05, 0) is 45.9 Å². The average Bonchev–Trinajstić information content (AvgIpc) is 2.68. The summed E-state index contributed by atoms with van der Waals surface area (Å²) in [6.45, 7) is 8.68. The number of nitrogens with one attached hydrogen (secondary N) is 1. The number of ether oxygens (including phenoxy) is 3. The second-order valence-electron chi connectivity index (χ2n) is 5.72. The molecule has 0 spiro atoms. The van der Waals surface area contributed by atoms with Crippen molar-refractivity contribution in [3.8, 4) is 17.2 Å². The zero-order chi connectivity index (χ0) is 20.5. The molecule has 2 aromatic carbocycles. The van der Waals surface area contributed by atoms with Crippen LogP contribution in [0.2, 0.25) is 5.02 Å². The number of rotatable bonds is 9. The normalized spacial score (nSPS) is 11.1. The Bertz CT molecular complexity index is 825. The van der Waals surface area contributed by atoms with Gasteiger partial charge in [0.1, 0.15) is 0 Å². The molecule has 1 N–H and O–H groups in total. The van der Waals surface area contributed by atoms with Crippen LogP contribution in [0, 0.1) is 0 Å². The topological polar surface area (TPSA) is 69.2 Å². The van der Waals surface area contributed by atoms with E-state index < -0.39 is 5.91 Å². The third-order valence-corrected chi connectivity index (χ3v) is 4.09. The Kier molecular flexibility index (Phi) is 8.14. The average molecular weight is 405 g/mol. The summed E-state index contributed by atoms with van der Waals surface area (Å²) >= 11 is 6.17. The molecule has 7 heteroatoms. The molecule has 0 heterocycles. The minimum atomic E-state index is -0.392. The van der Waals surface area contributed by atoms with Gasteiger partial charge >= 0.3 is 0 Å². The number of hydrogen-bond donors (Lipinski definition) is 1. The number of hydrazone groups is 1. The van der Waals surface area contributed by atoms with Crippen LogP contribution >= 0.6 is 11.6 Å². The number of halogens is 1.